The van der Waals surface area contributed by atoms with Gasteiger partial charge in [-0.25, -0.2) is 0 Å². The fourth-order valence-corrected chi connectivity index (χ4v) is 2.77. The Morgan fingerprint density at radius 3 is 1.77 bits per heavy atom. The third-order valence-electron chi connectivity index (χ3n) is 4.50. The molecule has 0 saturated heterocycles. The van der Waals surface area contributed by atoms with Crippen molar-refractivity contribution in [2.24, 2.45) is 0 Å². The summed E-state index contributed by atoms with van der Waals surface area (Å²) >= 11 is 0. The van der Waals surface area contributed by atoms with Crippen LogP contribution in [0.4, 0.5) is 0 Å². The van der Waals surface area contributed by atoms with Gasteiger partial charge in [-0.05, 0) is 37.5 Å². The van der Waals surface area contributed by atoms with Crippen molar-refractivity contribution in [1.29, 1.82) is 0 Å². The highest BCUT2D eigenvalue weighted by atomic mass is 16.6. The molecule has 10 heteroatoms. The van der Waals surface area contributed by atoms with Crippen LogP contribution in [-0.4, -0.2) is 21.1 Å². The first-order valence-corrected chi connectivity index (χ1v) is 10.3. The van der Waals surface area contributed by atoms with E-state index in [4.69, 9.17) is 0 Å². The minimum absolute atomic E-state index is 0.0349. The average Bonchev–Trinajstić information content (AvgIpc) is 2.69. The predicted octanol–water partition coefficient (Wildman–Crippen LogP) is 5.37. The second-order valence-corrected chi connectivity index (χ2v) is 6.87. The molecule has 0 bridgehead atoms. The van der Waals surface area contributed by atoms with Crippen LogP contribution in [0.2, 0.25) is 0 Å². The third kappa shape index (κ3) is 13.3. The Morgan fingerprint density at radius 2 is 1.20 bits per heavy atom. The summed E-state index contributed by atoms with van der Waals surface area (Å²) in [7, 11) is 0. The van der Waals surface area contributed by atoms with E-state index in [0.29, 0.717) is 19.1 Å². The van der Waals surface area contributed by atoms with Gasteiger partial charge in [0, 0.05) is 19.3 Å². The van der Waals surface area contributed by atoms with E-state index < -0.39 is 14.8 Å². The van der Waals surface area contributed by atoms with Crippen molar-refractivity contribution < 1.29 is 19.6 Å². The highest BCUT2D eigenvalue weighted by Crippen LogP contribution is 2.16. The summed E-state index contributed by atoms with van der Waals surface area (Å²) in [5, 5.41) is 33.4. The number of hydrogen-bond acceptors (Lipinski definition) is 7. The van der Waals surface area contributed by atoms with Crippen molar-refractivity contribution in [1.82, 2.24) is 0 Å². The Bertz CT molecular complexity index is 669. The smallest absolute Gasteiger partial charge is 0.246 e. The monoisotopic (exact) mass is 425 g/mol. The molecule has 0 rings (SSSR count). The molecule has 0 aromatic rings. The van der Waals surface area contributed by atoms with Crippen molar-refractivity contribution in [2.45, 2.75) is 84.0 Å². The summed E-state index contributed by atoms with van der Waals surface area (Å²) in [5.74, 6) is 0. The Hall–Kier alpha value is -2.91. The zero-order valence-corrected chi connectivity index (χ0v) is 17.5. The molecule has 0 radical (unpaired) electrons. The molecule has 0 spiro atoms. The van der Waals surface area contributed by atoms with Crippen LogP contribution in [0.15, 0.2) is 35.3 Å². The van der Waals surface area contributed by atoms with E-state index in [1.165, 1.54) is 18.2 Å². The summed E-state index contributed by atoms with van der Waals surface area (Å²) in [5.41, 5.74) is -0.404. The molecular weight excluding hydrogens is 394 g/mol. The topological polar surface area (TPSA) is 146 Å². The minimum Gasteiger partial charge on any atom is -0.303 e. The van der Waals surface area contributed by atoms with Gasteiger partial charge >= 0.3 is 0 Å². The zero-order valence-electron chi connectivity index (χ0n) is 17.5. The van der Waals surface area contributed by atoms with Gasteiger partial charge in [-0.1, -0.05) is 39.0 Å². The largest absolute Gasteiger partial charge is 0.303 e. The normalized spacial score (nSPS) is 12.6. The van der Waals surface area contributed by atoms with Crippen LogP contribution in [0.1, 0.15) is 84.0 Å². The van der Waals surface area contributed by atoms with Gasteiger partial charge in [0.2, 0.25) is 17.1 Å². The van der Waals surface area contributed by atoms with Crippen molar-refractivity contribution in [3.63, 3.8) is 0 Å². The van der Waals surface area contributed by atoms with Gasteiger partial charge in [0.15, 0.2) is 0 Å². The first kappa shape index (κ1) is 27.1. The fraction of sp³-hybridized carbons (Fsp3) is 0.650. The standard InChI is InChI=1S/C20H31N3O7/c1-2-3-4-5-6-7-11-19(22(27)28)15-16-20(23(29)30)14-10-13-18(21(25)26)12-8-9-17-24/h13-15,17H,2-12,16H2,1H3/b18-13+,19-15+,20-14+. The number of rotatable bonds is 18. The maximum Gasteiger partial charge on any atom is 0.246 e. The van der Waals surface area contributed by atoms with E-state index >= 15 is 0 Å². The van der Waals surface area contributed by atoms with E-state index in [2.05, 4.69) is 6.92 Å². The lowest BCUT2D eigenvalue weighted by atomic mass is 10.1. The molecular formula is C20H31N3O7. The Balaban J connectivity index is 4.93. The Labute approximate surface area is 176 Å². The molecule has 30 heavy (non-hydrogen) atoms. The quantitative estimate of drug-likeness (QED) is 0.124. The van der Waals surface area contributed by atoms with Crippen LogP contribution in [-0.2, 0) is 4.79 Å². The summed E-state index contributed by atoms with van der Waals surface area (Å²) in [6, 6.07) is 0. The van der Waals surface area contributed by atoms with Crippen LogP contribution in [0.25, 0.3) is 0 Å². The first-order chi connectivity index (χ1) is 14.3. The van der Waals surface area contributed by atoms with Gasteiger partial charge < -0.3 is 4.79 Å². The number of unbranched alkanes of at least 4 members (excludes halogenated alkanes) is 6. The maximum atomic E-state index is 11.2. The molecule has 10 nitrogen and oxygen atoms in total. The summed E-state index contributed by atoms with van der Waals surface area (Å²) in [6.45, 7) is 2.11. The number of allylic oxidation sites excluding steroid dienone is 5. The molecule has 0 aliphatic heterocycles. The number of carbonyl (C=O) groups excluding carboxylic acids is 1. The molecule has 0 saturated carbocycles. The lowest BCUT2D eigenvalue weighted by Gasteiger charge is -2.01. The van der Waals surface area contributed by atoms with Crippen molar-refractivity contribution in [2.75, 3.05) is 0 Å². The molecule has 0 unspecified atom stereocenters. The van der Waals surface area contributed by atoms with Gasteiger partial charge in [0.05, 0.1) is 21.2 Å². The van der Waals surface area contributed by atoms with Crippen molar-refractivity contribution in [3.05, 3.63) is 65.7 Å². The van der Waals surface area contributed by atoms with E-state index in [9.17, 15) is 35.1 Å². The number of hydrogen-bond donors (Lipinski definition) is 0. The van der Waals surface area contributed by atoms with Crippen LogP contribution in [0, 0.1) is 30.3 Å². The average molecular weight is 425 g/mol. The number of carbonyl (C=O) groups is 1. The maximum absolute atomic E-state index is 11.2. The lowest BCUT2D eigenvalue weighted by molar-refractivity contribution is -0.432. The third-order valence-corrected chi connectivity index (χ3v) is 4.50. The lowest BCUT2D eigenvalue weighted by Crippen LogP contribution is -2.02. The van der Waals surface area contributed by atoms with Crippen LogP contribution in [0.5, 0.6) is 0 Å². The van der Waals surface area contributed by atoms with Gasteiger partial charge in [0.25, 0.3) is 0 Å². The SMILES string of the molecule is CCCCCCCC/C(=C\C/C(=C\C/C=C(\CCCC=O)[N+](=O)[O-])[N+](=O)[O-])[N+](=O)[O-]. The predicted molar refractivity (Wildman–Crippen MR) is 112 cm³/mol. The number of nitro groups is 3. The van der Waals surface area contributed by atoms with E-state index in [0.717, 1.165) is 32.1 Å². The molecule has 0 aromatic carbocycles. The number of aldehydes is 1. The Kier molecular flexibility index (Phi) is 15.3. The summed E-state index contributed by atoms with van der Waals surface area (Å²) < 4.78 is 0. The number of nitrogens with zero attached hydrogens (tertiary/aromatic N) is 3. The molecule has 168 valence electrons. The van der Waals surface area contributed by atoms with Crippen LogP contribution in [0.3, 0.4) is 0 Å². The van der Waals surface area contributed by atoms with E-state index in [1.807, 2.05) is 0 Å². The molecule has 0 aliphatic rings. The highest BCUT2D eigenvalue weighted by Gasteiger charge is 2.15. The van der Waals surface area contributed by atoms with Crippen molar-refractivity contribution in [3.8, 4) is 0 Å². The van der Waals surface area contributed by atoms with Gasteiger partial charge in [0.1, 0.15) is 6.29 Å². The molecule has 0 N–H and O–H groups in total. The van der Waals surface area contributed by atoms with E-state index in [-0.39, 0.29) is 49.2 Å². The summed E-state index contributed by atoms with van der Waals surface area (Å²) in [6.07, 6.45) is 10.9. The first-order valence-electron chi connectivity index (χ1n) is 10.3. The molecule has 0 aromatic heterocycles. The minimum atomic E-state index is -0.634. The van der Waals surface area contributed by atoms with Gasteiger partial charge in [-0.15, -0.1) is 0 Å². The van der Waals surface area contributed by atoms with Crippen LogP contribution >= 0.6 is 0 Å². The molecule has 0 fully saturated rings. The van der Waals surface area contributed by atoms with Crippen LogP contribution < -0.4 is 0 Å². The van der Waals surface area contributed by atoms with Gasteiger partial charge in [-0.3, -0.25) is 30.3 Å². The zero-order chi connectivity index (χ0) is 22.8. The highest BCUT2D eigenvalue weighted by molar-refractivity contribution is 5.49. The van der Waals surface area contributed by atoms with E-state index in [1.54, 1.807) is 0 Å². The van der Waals surface area contributed by atoms with Gasteiger partial charge in [-0.2, -0.15) is 0 Å². The van der Waals surface area contributed by atoms with Crippen molar-refractivity contribution >= 4 is 6.29 Å². The molecule has 0 amide bonds. The molecule has 0 aliphatic carbocycles. The fourth-order valence-electron chi connectivity index (χ4n) is 2.77. The second-order valence-electron chi connectivity index (χ2n) is 6.87. The second kappa shape index (κ2) is 17.0. The summed E-state index contributed by atoms with van der Waals surface area (Å²) in [4.78, 5) is 42.0. The Morgan fingerprint density at radius 1 is 0.700 bits per heavy atom. The molecule has 0 atom stereocenters. The molecule has 0 heterocycles.